The number of nitrogens with zero attached hydrogens (tertiary/aromatic N) is 1. The molecule has 0 bridgehead atoms. The first-order valence-corrected chi connectivity index (χ1v) is 6.15. The van der Waals surface area contributed by atoms with Crippen molar-refractivity contribution in [2.75, 3.05) is 11.4 Å². The summed E-state index contributed by atoms with van der Waals surface area (Å²) in [5.74, 6) is 0. The molecule has 0 saturated heterocycles. The summed E-state index contributed by atoms with van der Waals surface area (Å²) in [5.41, 5.74) is 0.736. The van der Waals surface area contributed by atoms with Crippen LogP contribution in [0.4, 0.5) is 5.69 Å². The molecule has 2 rings (SSSR count). The Morgan fingerprint density at radius 3 is 2.29 bits per heavy atom. The minimum Gasteiger partial charge on any atom is -0.273 e. The van der Waals surface area contributed by atoms with Crippen LogP contribution < -0.4 is 4.31 Å². The van der Waals surface area contributed by atoms with Gasteiger partial charge in [0.1, 0.15) is 0 Å². The molecule has 1 aliphatic carbocycles. The SMILES string of the molecule is CN(c1ccccc1)S(=O)(=O)C1CC1. The number of rotatable bonds is 3. The monoisotopic (exact) mass is 211 g/mol. The zero-order valence-electron chi connectivity index (χ0n) is 8.05. The maximum absolute atomic E-state index is 11.8. The Morgan fingerprint density at radius 1 is 1.21 bits per heavy atom. The summed E-state index contributed by atoms with van der Waals surface area (Å²) in [6.07, 6.45) is 1.61. The van der Waals surface area contributed by atoms with Crippen LogP contribution in [0.2, 0.25) is 0 Å². The quantitative estimate of drug-likeness (QED) is 0.761. The van der Waals surface area contributed by atoms with Crippen molar-refractivity contribution in [3.05, 3.63) is 30.3 Å². The number of hydrogen-bond donors (Lipinski definition) is 0. The van der Waals surface area contributed by atoms with Gasteiger partial charge in [-0.3, -0.25) is 4.31 Å². The van der Waals surface area contributed by atoms with Crippen LogP contribution in [-0.4, -0.2) is 20.7 Å². The predicted molar refractivity (Wildman–Crippen MR) is 56.8 cm³/mol. The lowest BCUT2D eigenvalue weighted by Crippen LogP contribution is -2.29. The average Bonchev–Trinajstić information content (AvgIpc) is 3.01. The minimum atomic E-state index is -3.09. The third-order valence-electron chi connectivity index (χ3n) is 2.45. The molecule has 0 heterocycles. The second-order valence-corrected chi connectivity index (χ2v) is 5.79. The number of sulfonamides is 1. The van der Waals surface area contributed by atoms with E-state index in [4.69, 9.17) is 0 Å². The van der Waals surface area contributed by atoms with Crippen molar-refractivity contribution in [2.24, 2.45) is 0 Å². The predicted octanol–water partition coefficient (Wildman–Crippen LogP) is 1.61. The van der Waals surface area contributed by atoms with Gasteiger partial charge in [-0.2, -0.15) is 0 Å². The van der Waals surface area contributed by atoms with Gasteiger partial charge in [-0.1, -0.05) is 18.2 Å². The standard InChI is InChI=1S/C10H13NO2S/c1-11(9-5-3-2-4-6-9)14(12,13)10-7-8-10/h2-6,10H,7-8H2,1H3. The lowest BCUT2D eigenvalue weighted by atomic mass is 10.3. The lowest BCUT2D eigenvalue weighted by Gasteiger charge is -2.18. The molecule has 1 fully saturated rings. The van der Waals surface area contributed by atoms with E-state index in [1.807, 2.05) is 18.2 Å². The Kier molecular flexibility index (Phi) is 2.23. The first-order valence-electron chi connectivity index (χ1n) is 4.65. The molecule has 1 saturated carbocycles. The Balaban J connectivity index is 2.28. The van der Waals surface area contributed by atoms with Crippen LogP contribution in [0.3, 0.4) is 0 Å². The molecule has 0 unspecified atom stereocenters. The van der Waals surface area contributed by atoms with Crippen LogP contribution in [0.5, 0.6) is 0 Å². The largest absolute Gasteiger partial charge is 0.273 e. The van der Waals surface area contributed by atoms with E-state index in [9.17, 15) is 8.42 Å². The Bertz CT molecular complexity index is 409. The van der Waals surface area contributed by atoms with E-state index in [1.54, 1.807) is 19.2 Å². The summed E-state index contributed by atoms with van der Waals surface area (Å²) >= 11 is 0. The van der Waals surface area contributed by atoms with Gasteiger partial charge in [-0.15, -0.1) is 0 Å². The van der Waals surface area contributed by atoms with Crippen LogP contribution in [0.15, 0.2) is 30.3 Å². The molecule has 3 nitrogen and oxygen atoms in total. The van der Waals surface area contributed by atoms with Crippen molar-refractivity contribution >= 4 is 15.7 Å². The molecule has 1 aliphatic rings. The summed E-state index contributed by atoms with van der Waals surface area (Å²) < 4.78 is 25.0. The summed E-state index contributed by atoms with van der Waals surface area (Å²) in [5, 5.41) is -0.146. The van der Waals surface area contributed by atoms with Gasteiger partial charge < -0.3 is 0 Å². The first kappa shape index (κ1) is 9.52. The van der Waals surface area contributed by atoms with Gasteiger partial charge in [0.2, 0.25) is 10.0 Å². The molecule has 1 aromatic carbocycles. The molecular weight excluding hydrogens is 198 g/mol. The van der Waals surface area contributed by atoms with E-state index in [2.05, 4.69) is 0 Å². The smallest absolute Gasteiger partial charge is 0.237 e. The van der Waals surface area contributed by atoms with E-state index < -0.39 is 10.0 Å². The van der Waals surface area contributed by atoms with E-state index in [1.165, 1.54) is 4.31 Å². The third-order valence-corrected chi connectivity index (χ3v) is 4.74. The zero-order valence-corrected chi connectivity index (χ0v) is 8.87. The lowest BCUT2D eigenvalue weighted by molar-refractivity contribution is 0.593. The molecule has 0 radical (unpaired) electrons. The molecule has 0 N–H and O–H groups in total. The highest BCUT2D eigenvalue weighted by Crippen LogP contribution is 2.32. The topological polar surface area (TPSA) is 37.4 Å². The molecule has 0 spiro atoms. The van der Waals surface area contributed by atoms with Gasteiger partial charge in [0, 0.05) is 7.05 Å². The molecule has 4 heteroatoms. The fraction of sp³-hybridized carbons (Fsp3) is 0.400. The molecule has 1 aromatic rings. The van der Waals surface area contributed by atoms with Gasteiger partial charge in [0.15, 0.2) is 0 Å². The van der Waals surface area contributed by atoms with Crippen LogP contribution >= 0.6 is 0 Å². The van der Waals surface area contributed by atoms with Crippen molar-refractivity contribution in [2.45, 2.75) is 18.1 Å². The van der Waals surface area contributed by atoms with Gasteiger partial charge in [0.25, 0.3) is 0 Å². The summed E-state index contributed by atoms with van der Waals surface area (Å²) in [6.45, 7) is 0. The van der Waals surface area contributed by atoms with Gasteiger partial charge in [0.05, 0.1) is 10.9 Å². The third kappa shape index (κ3) is 1.62. The van der Waals surface area contributed by atoms with Crippen molar-refractivity contribution in [3.8, 4) is 0 Å². The van der Waals surface area contributed by atoms with Crippen molar-refractivity contribution in [1.82, 2.24) is 0 Å². The van der Waals surface area contributed by atoms with Crippen LogP contribution in [0.1, 0.15) is 12.8 Å². The number of anilines is 1. The van der Waals surface area contributed by atoms with E-state index in [0.29, 0.717) is 0 Å². The van der Waals surface area contributed by atoms with Crippen molar-refractivity contribution in [1.29, 1.82) is 0 Å². The summed E-state index contributed by atoms with van der Waals surface area (Å²) in [4.78, 5) is 0. The highest BCUT2D eigenvalue weighted by Gasteiger charge is 2.38. The highest BCUT2D eigenvalue weighted by molar-refractivity contribution is 7.93. The maximum atomic E-state index is 11.8. The normalized spacial score (nSPS) is 16.6. The van der Waals surface area contributed by atoms with E-state index in [0.717, 1.165) is 18.5 Å². The van der Waals surface area contributed by atoms with Crippen molar-refractivity contribution in [3.63, 3.8) is 0 Å². The van der Waals surface area contributed by atoms with Crippen molar-refractivity contribution < 1.29 is 8.42 Å². The van der Waals surface area contributed by atoms with Gasteiger partial charge in [-0.05, 0) is 25.0 Å². The van der Waals surface area contributed by atoms with Crippen LogP contribution in [0, 0.1) is 0 Å². The molecule has 0 aromatic heterocycles. The molecule has 0 atom stereocenters. The summed E-state index contributed by atoms with van der Waals surface area (Å²) in [6, 6.07) is 9.17. The average molecular weight is 211 g/mol. The van der Waals surface area contributed by atoms with Crippen LogP contribution in [-0.2, 0) is 10.0 Å². The minimum absolute atomic E-state index is 0.146. The highest BCUT2D eigenvalue weighted by atomic mass is 32.2. The number of hydrogen-bond acceptors (Lipinski definition) is 2. The first-order chi connectivity index (χ1) is 6.62. The Morgan fingerprint density at radius 2 is 1.79 bits per heavy atom. The van der Waals surface area contributed by atoms with Gasteiger partial charge in [-0.25, -0.2) is 8.42 Å². The maximum Gasteiger partial charge on any atom is 0.237 e. The Labute approximate surface area is 84.4 Å². The number of benzene rings is 1. The molecule has 76 valence electrons. The molecule has 0 aliphatic heterocycles. The fourth-order valence-corrected chi connectivity index (χ4v) is 2.97. The molecule has 0 amide bonds. The fourth-order valence-electron chi connectivity index (χ4n) is 1.37. The molecular formula is C10H13NO2S. The van der Waals surface area contributed by atoms with Crippen LogP contribution in [0.25, 0.3) is 0 Å². The second kappa shape index (κ2) is 3.28. The Hall–Kier alpha value is -1.03. The molecule has 14 heavy (non-hydrogen) atoms. The number of para-hydroxylation sites is 1. The van der Waals surface area contributed by atoms with E-state index in [-0.39, 0.29) is 5.25 Å². The van der Waals surface area contributed by atoms with E-state index >= 15 is 0 Å². The zero-order chi connectivity index (χ0) is 10.2. The summed E-state index contributed by atoms with van der Waals surface area (Å²) in [7, 11) is -1.47. The van der Waals surface area contributed by atoms with Gasteiger partial charge >= 0.3 is 0 Å². The second-order valence-electron chi connectivity index (χ2n) is 3.55.